The molecule has 0 saturated heterocycles. The van der Waals surface area contributed by atoms with Crippen LogP contribution in [0.25, 0.3) is 0 Å². The molecule has 0 saturated carbocycles. The first kappa shape index (κ1) is 12.2. The van der Waals surface area contributed by atoms with Crippen molar-refractivity contribution in [1.29, 1.82) is 5.26 Å². The first-order chi connectivity index (χ1) is 5.97. The molecule has 0 radical (unpaired) electrons. The molecule has 0 bridgehead atoms. The zero-order valence-electron chi connectivity index (χ0n) is 9.00. The molecule has 74 valence electrons. The zero-order valence-corrected chi connectivity index (χ0v) is 9.00. The van der Waals surface area contributed by atoms with E-state index in [-0.39, 0.29) is 11.7 Å². The summed E-state index contributed by atoms with van der Waals surface area (Å²) in [6.45, 7) is 8.07. The molecule has 0 spiro atoms. The van der Waals surface area contributed by atoms with Crippen LogP contribution in [0.3, 0.4) is 0 Å². The number of nitrogens with zero attached hydrogens (tertiary/aromatic N) is 1. The van der Waals surface area contributed by atoms with Crippen molar-refractivity contribution >= 4 is 5.78 Å². The molecule has 0 aromatic rings. The highest BCUT2D eigenvalue weighted by Crippen LogP contribution is 2.15. The summed E-state index contributed by atoms with van der Waals surface area (Å²) in [6, 6.07) is 2.09. The van der Waals surface area contributed by atoms with Gasteiger partial charge in [0, 0.05) is 6.42 Å². The fourth-order valence-electron chi connectivity index (χ4n) is 1.27. The zero-order chi connectivity index (χ0) is 10.4. The Balaban J connectivity index is 4.10. The van der Waals surface area contributed by atoms with Crippen LogP contribution in [0.15, 0.2) is 0 Å². The molecule has 0 aromatic carbocycles. The van der Waals surface area contributed by atoms with Gasteiger partial charge in [-0.15, -0.1) is 0 Å². The smallest absolute Gasteiger partial charge is 0.150 e. The third-order valence-electron chi connectivity index (χ3n) is 1.86. The maximum Gasteiger partial charge on any atom is 0.150 e. The van der Waals surface area contributed by atoms with Crippen LogP contribution in [0, 0.1) is 29.1 Å². The van der Waals surface area contributed by atoms with Crippen molar-refractivity contribution in [1.82, 2.24) is 0 Å². The van der Waals surface area contributed by atoms with E-state index in [1.807, 2.05) is 27.7 Å². The van der Waals surface area contributed by atoms with E-state index in [4.69, 9.17) is 5.26 Å². The predicted molar refractivity (Wildman–Crippen MR) is 53.0 cm³/mol. The number of carbonyl (C=O) groups is 1. The van der Waals surface area contributed by atoms with Crippen LogP contribution in [-0.2, 0) is 4.79 Å². The van der Waals surface area contributed by atoms with E-state index in [0.29, 0.717) is 24.7 Å². The second-order valence-electron chi connectivity index (χ2n) is 4.38. The summed E-state index contributed by atoms with van der Waals surface area (Å²) < 4.78 is 0. The van der Waals surface area contributed by atoms with Crippen molar-refractivity contribution in [2.45, 2.75) is 40.5 Å². The average Bonchev–Trinajstić information content (AvgIpc) is 1.98. The fraction of sp³-hybridized carbons (Fsp3) is 0.818. The molecule has 0 aliphatic rings. The molecule has 13 heavy (non-hydrogen) atoms. The first-order valence-electron chi connectivity index (χ1n) is 4.89. The van der Waals surface area contributed by atoms with Gasteiger partial charge in [0.05, 0.1) is 6.07 Å². The first-order valence-corrected chi connectivity index (χ1v) is 4.89. The van der Waals surface area contributed by atoms with Crippen molar-refractivity contribution in [2.24, 2.45) is 17.8 Å². The van der Waals surface area contributed by atoms with Gasteiger partial charge in [-0.25, -0.2) is 0 Å². The lowest BCUT2D eigenvalue weighted by Gasteiger charge is -2.11. The summed E-state index contributed by atoms with van der Waals surface area (Å²) in [5, 5.41) is 8.79. The molecular weight excluding hydrogens is 162 g/mol. The van der Waals surface area contributed by atoms with Gasteiger partial charge in [0.25, 0.3) is 0 Å². The Morgan fingerprint density at radius 1 is 1.23 bits per heavy atom. The Bertz CT molecular complexity index is 201. The van der Waals surface area contributed by atoms with E-state index in [2.05, 4.69) is 6.07 Å². The van der Waals surface area contributed by atoms with Gasteiger partial charge in [0.2, 0.25) is 0 Å². The number of ketones is 1. The summed E-state index contributed by atoms with van der Waals surface area (Å²) in [5.41, 5.74) is 0. The molecule has 2 nitrogen and oxygen atoms in total. The monoisotopic (exact) mass is 181 g/mol. The molecule has 1 unspecified atom stereocenters. The van der Waals surface area contributed by atoms with Crippen molar-refractivity contribution in [3.63, 3.8) is 0 Å². The Morgan fingerprint density at radius 2 is 1.77 bits per heavy atom. The largest absolute Gasteiger partial charge is 0.298 e. The van der Waals surface area contributed by atoms with Crippen molar-refractivity contribution in [2.75, 3.05) is 0 Å². The highest BCUT2D eigenvalue weighted by atomic mass is 16.1. The van der Waals surface area contributed by atoms with E-state index < -0.39 is 0 Å². The van der Waals surface area contributed by atoms with E-state index in [0.717, 1.165) is 0 Å². The molecule has 0 aromatic heterocycles. The number of rotatable bonds is 5. The number of Topliss-reactive ketones (excluding diaryl/α,β-unsaturated/α-hetero) is 1. The number of carbonyl (C=O) groups excluding carboxylic acids is 1. The Kier molecular flexibility index (Phi) is 5.37. The molecule has 0 fully saturated rings. The average molecular weight is 181 g/mol. The van der Waals surface area contributed by atoms with Crippen molar-refractivity contribution in [3.05, 3.63) is 0 Å². The van der Waals surface area contributed by atoms with Crippen LogP contribution in [0.4, 0.5) is 0 Å². The van der Waals surface area contributed by atoms with Gasteiger partial charge >= 0.3 is 0 Å². The molecule has 0 N–H and O–H groups in total. The van der Waals surface area contributed by atoms with Gasteiger partial charge in [-0.3, -0.25) is 4.79 Å². The summed E-state index contributed by atoms with van der Waals surface area (Å²) in [6.07, 6.45) is 1.23. The van der Waals surface area contributed by atoms with Gasteiger partial charge in [-0.05, 0) is 18.3 Å². The van der Waals surface area contributed by atoms with Gasteiger partial charge in [-0.2, -0.15) is 5.26 Å². The van der Waals surface area contributed by atoms with Gasteiger partial charge < -0.3 is 0 Å². The van der Waals surface area contributed by atoms with Crippen LogP contribution >= 0.6 is 0 Å². The third-order valence-corrected chi connectivity index (χ3v) is 1.86. The fourth-order valence-corrected chi connectivity index (χ4v) is 1.27. The summed E-state index contributed by atoms with van der Waals surface area (Å²) in [4.78, 5) is 11.5. The van der Waals surface area contributed by atoms with Gasteiger partial charge in [0.1, 0.15) is 11.7 Å². The second kappa shape index (κ2) is 5.75. The number of hydrogen-bond acceptors (Lipinski definition) is 2. The summed E-state index contributed by atoms with van der Waals surface area (Å²) in [7, 11) is 0. The summed E-state index contributed by atoms with van der Waals surface area (Å²) in [5.74, 6) is 0.491. The highest BCUT2D eigenvalue weighted by Gasteiger charge is 2.19. The van der Waals surface area contributed by atoms with Crippen LogP contribution in [0.2, 0.25) is 0 Å². The number of nitriles is 1. The lowest BCUT2D eigenvalue weighted by atomic mass is 9.90. The molecule has 2 heteroatoms. The Morgan fingerprint density at radius 3 is 2.08 bits per heavy atom. The quantitative estimate of drug-likeness (QED) is 0.654. The molecule has 1 atom stereocenters. The minimum Gasteiger partial charge on any atom is -0.298 e. The Hall–Kier alpha value is -0.840. The van der Waals surface area contributed by atoms with Gasteiger partial charge in [0.15, 0.2) is 0 Å². The third kappa shape index (κ3) is 5.41. The standard InChI is InChI=1S/C11H19NO/c1-8(2)5-10(7-12)11(13)6-9(3)4/h8-10H,5-6H2,1-4H3. The highest BCUT2D eigenvalue weighted by molar-refractivity contribution is 5.83. The van der Waals surface area contributed by atoms with Crippen LogP contribution in [-0.4, -0.2) is 5.78 Å². The van der Waals surface area contributed by atoms with Crippen LogP contribution in [0.5, 0.6) is 0 Å². The maximum absolute atomic E-state index is 11.5. The van der Waals surface area contributed by atoms with Crippen molar-refractivity contribution < 1.29 is 4.79 Å². The van der Waals surface area contributed by atoms with Crippen LogP contribution in [0.1, 0.15) is 40.5 Å². The predicted octanol–water partition coefficient (Wildman–Crippen LogP) is 2.79. The molecule has 0 amide bonds. The van der Waals surface area contributed by atoms with Crippen LogP contribution < -0.4 is 0 Å². The summed E-state index contributed by atoms with van der Waals surface area (Å²) >= 11 is 0. The van der Waals surface area contributed by atoms with E-state index in [1.54, 1.807) is 0 Å². The SMILES string of the molecule is CC(C)CC(=O)C(C#N)CC(C)C. The topological polar surface area (TPSA) is 40.9 Å². The lowest BCUT2D eigenvalue weighted by Crippen LogP contribution is -2.16. The van der Waals surface area contributed by atoms with E-state index >= 15 is 0 Å². The minimum atomic E-state index is -0.387. The number of hydrogen-bond donors (Lipinski definition) is 0. The molecule has 0 heterocycles. The second-order valence-corrected chi connectivity index (χ2v) is 4.38. The Labute approximate surface area is 80.9 Å². The molecule has 0 aliphatic heterocycles. The van der Waals surface area contributed by atoms with Crippen molar-refractivity contribution in [3.8, 4) is 6.07 Å². The van der Waals surface area contributed by atoms with E-state index in [9.17, 15) is 4.79 Å². The van der Waals surface area contributed by atoms with Gasteiger partial charge in [-0.1, -0.05) is 27.7 Å². The minimum absolute atomic E-state index is 0.103. The molecule has 0 aliphatic carbocycles. The molecular formula is C11H19NO. The normalized spacial score (nSPS) is 13.0. The molecule has 0 rings (SSSR count). The maximum atomic E-state index is 11.5. The van der Waals surface area contributed by atoms with E-state index in [1.165, 1.54) is 0 Å². The lowest BCUT2D eigenvalue weighted by molar-refractivity contribution is -0.122.